The first-order chi connectivity index (χ1) is 6.77. The molecule has 0 aromatic carbocycles. The van der Waals surface area contributed by atoms with E-state index in [9.17, 15) is 0 Å². The van der Waals surface area contributed by atoms with E-state index in [1.54, 1.807) is 0 Å². The molecular formula is C12H22N2. The van der Waals surface area contributed by atoms with Gasteiger partial charge in [-0.3, -0.25) is 4.90 Å². The van der Waals surface area contributed by atoms with Crippen LogP contribution in [0.5, 0.6) is 0 Å². The van der Waals surface area contributed by atoms with Gasteiger partial charge in [-0.05, 0) is 39.7 Å². The molecule has 1 N–H and O–H groups in total. The number of nitrogens with zero attached hydrogens (tertiary/aromatic N) is 1. The summed E-state index contributed by atoms with van der Waals surface area (Å²) in [5.74, 6) is 0. The Morgan fingerprint density at radius 3 is 2.86 bits per heavy atom. The molecule has 0 radical (unpaired) electrons. The molecule has 2 atom stereocenters. The molecule has 0 aromatic rings. The van der Waals surface area contributed by atoms with Gasteiger partial charge in [-0.25, -0.2) is 0 Å². The van der Waals surface area contributed by atoms with Crippen molar-refractivity contribution in [2.24, 2.45) is 0 Å². The maximum atomic E-state index is 3.53. The first-order valence-corrected chi connectivity index (χ1v) is 5.87. The van der Waals surface area contributed by atoms with Crippen molar-refractivity contribution in [3.63, 3.8) is 0 Å². The van der Waals surface area contributed by atoms with E-state index in [0.29, 0.717) is 0 Å². The van der Waals surface area contributed by atoms with Crippen LogP contribution in [0.15, 0.2) is 11.6 Å². The molecule has 0 aliphatic carbocycles. The van der Waals surface area contributed by atoms with Crippen LogP contribution in [-0.2, 0) is 0 Å². The predicted molar refractivity (Wildman–Crippen MR) is 60.4 cm³/mol. The van der Waals surface area contributed by atoms with Gasteiger partial charge in [-0.2, -0.15) is 0 Å². The van der Waals surface area contributed by atoms with Crippen molar-refractivity contribution in [3.05, 3.63) is 11.6 Å². The molecule has 0 amide bonds. The molecular weight excluding hydrogens is 172 g/mol. The molecule has 14 heavy (non-hydrogen) atoms. The van der Waals surface area contributed by atoms with E-state index in [4.69, 9.17) is 0 Å². The average molecular weight is 194 g/mol. The SMILES string of the molecule is CC(C)=CCN1[C@H]2CCNC[C@@H]1CC2. The Balaban J connectivity index is 1.98. The van der Waals surface area contributed by atoms with E-state index in [0.717, 1.165) is 12.1 Å². The summed E-state index contributed by atoms with van der Waals surface area (Å²) in [6, 6.07) is 1.66. The fourth-order valence-corrected chi connectivity index (χ4v) is 2.67. The molecule has 2 saturated heterocycles. The third kappa shape index (κ3) is 2.18. The van der Waals surface area contributed by atoms with E-state index < -0.39 is 0 Å². The topological polar surface area (TPSA) is 15.3 Å². The van der Waals surface area contributed by atoms with Crippen LogP contribution in [0.25, 0.3) is 0 Å². The minimum absolute atomic E-state index is 0.804. The summed E-state index contributed by atoms with van der Waals surface area (Å²) in [5, 5.41) is 3.53. The smallest absolute Gasteiger partial charge is 0.0227 e. The van der Waals surface area contributed by atoms with Gasteiger partial charge in [0.25, 0.3) is 0 Å². The molecule has 2 heterocycles. The Morgan fingerprint density at radius 1 is 1.29 bits per heavy atom. The van der Waals surface area contributed by atoms with Crippen LogP contribution in [0.2, 0.25) is 0 Å². The Hall–Kier alpha value is -0.340. The van der Waals surface area contributed by atoms with Crippen LogP contribution in [-0.4, -0.2) is 36.6 Å². The molecule has 2 aliphatic heterocycles. The Kier molecular flexibility index (Phi) is 3.24. The van der Waals surface area contributed by atoms with Gasteiger partial charge in [0, 0.05) is 25.2 Å². The lowest BCUT2D eigenvalue weighted by Crippen LogP contribution is -2.38. The Labute approximate surface area is 87.4 Å². The summed E-state index contributed by atoms with van der Waals surface area (Å²) < 4.78 is 0. The standard InChI is InChI=1S/C12H22N2/c1-10(2)6-8-14-11-3-4-12(14)9-13-7-5-11/h6,11-13H,3-5,7-9H2,1-2H3/t11-,12+/m1/s1. The average Bonchev–Trinajstić information content (AvgIpc) is 2.36. The molecule has 2 heteroatoms. The highest BCUT2D eigenvalue weighted by molar-refractivity contribution is 5.00. The molecule has 2 rings (SSSR count). The summed E-state index contributed by atoms with van der Waals surface area (Å²) in [4.78, 5) is 2.70. The highest BCUT2D eigenvalue weighted by Gasteiger charge is 2.33. The number of nitrogens with one attached hydrogen (secondary N) is 1. The van der Waals surface area contributed by atoms with Crippen LogP contribution in [0.1, 0.15) is 33.1 Å². The monoisotopic (exact) mass is 194 g/mol. The zero-order chi connectivity index (χ0) is 9.97. The lowest BCUT2D eigenvalue weighted by Gasteiger charge is -2.26. The quantitative estimate of drug-likeness (QED) is 0.674. The highest BCUT2D eigenvalue weighted by Crippen LogP contribution is 2.27. The van der Waals surface area contributed by atoms with Gasteiger partial charge >= 0.3 is 0 Å². The zero-order valence-electron chi connectivity index (χ0n) is 9.42. The normalized spacial score (nSPS) is 32.7. The van der Waals surface area contributed by atoms with E-state index in [-0.39, 0.29) is 0 Å². The second kappa shape index (κ2) is 4.45. The fraction of sp³-hybridized carbons (Fsp3) is 0.833. The summed E-state index contributed by atoms with van der Waals surface area (Å²) >= 11 is 0. The molecule has 0 aromatic heterocycles. The van der Waals surface area contributed by atoms with Crippen molar-refractivity contribution < 1.29 is 0 Å². The summed E-state index contributed by atoms with van der Waals surface area (Å²) in [7, 11) is 0. The summed E-state index contributed by atoms with van der Waals surface area (Å²) in [6.07, 6.45) is 6.53. The largest absolute Gasteiger partial charge is 0.315 e. The van der Waals surface area contributed by atoms with Crippen molar-refractivity contribution in [2.75, 3.05) is 19.6 Å². The lowest BCUT2D eigenvalue weighted by molar-refractivity contribution is 0.225. The van der Waals surface area contributed by atoms with Crippen molar-refractivity contribution in [1.82, 2.24) is 10.2 Å². The van der Waals surface area contributed by atoms with Crippen LogP contribution in [0.4, 0.5) is 0 Å². The van der Waals surface area contributed by atoms with Crippen molar-refractivity contribution >= 4 is 0 Å². The van der Waals surface area contributed by atoms with Crippen LogP contribution in [0.3, 0.4) is 0 Å². The number of rotatable bonds is 2. The third-order valence-electron chi connectivity index (χ3n) is 3.52. The van der Waals surface area contributed by atoms with E-state index in [1.165, 1.54) is 44.5 Å². The molecule has 2 fully saturated rings. The molecule has 0 saturated carbocycles. The molecule has 0 spiro atoms. The van der Waals surface area contributed by atoms with Crippen molar-refractivity contribution in [3.8, 4) is 0 Å². The van der Waals surface area contributed by atoms with Gasteiger partial charge in [0.05, 0.1) is 0 Å². The van der Waals surface area contributed by atoms with Gasteiger partial charge in [-0.15, -0.1) is 0 Å². The molecule has 2 nitrogen and oxygen atoms in total. The molecule has 2 aliphatic rings. The van der Waals surface area contributed by atoms with E-state index >= 15 is 0 Å². The predicted octanol–water partition coefficient (Wildman–Crippen LogP) is 1.78. The minimum atomic E-state index is 0.804. The zero-order valence-corrected chi connectivity index (χ0v) is 9.42. The summed E-state index contributed by atoms with van der Waals surface area (Å²) in [5.41, 5.74) is 1.45. The van der Waals surface area contributed by atoms with Crippen molar-refractivity contribution in [2.45, 2.75) is 45.2 Å². The Morgan fingerprint density at radius 2 is 2.07 bits per heavy atom. The Bertz CT molecular complexity index is 204. The molecule has 80 valence electrons. The van der Waals surface area contributed by atoms with Gasteiger partial charge < -0.3 is 5.32 Å². The van der Waals surface area contributed by atoms with Gasteiger partial charge in [0.2, 0.25) is 0 Å². The van der Waals surface area contributed by atoms with Gasteiger partial charge in [-0.1, -0.05) is 11.6 Å². The van der Waals surface area contributed by atoms with E-state index in [2.05, 4.69) is 30.1 Å². The minimum Gasteiger partial charge on any atom is -0.315 e. The fourth-order valence-electron chi connectivity index (χ4n) is 2.67. The lowest BCUT2D eigenvalue weighted by atomic mass is 10.1. The second-order valence-electron chi connectivity index (χ2n) is 4.86. The number of allylic oxidation sites excluding steroid dienone is 1. The second-order valence-corrected chi connectivity index (χ2v) is 4.86. The van der Waals surface area contributed by atoms with Gasteiger partial charge in [0.1, 0.15) is 0 Å². The van der Waals surface area contributed by atoms with Crippen LogP contribution < -0.4 is 5.32 Å². The number of hydrogen-bond donors (Lipinski definition) is 1. The highest BCUT2D eigenvalue weighted by atomic mass is 15.2. The first-order valence-electron chi connectivity index (χ1n) is 5.87. The maximum Gasteiger partial charge on any atom is 0.0227 e. The van der Waals surface area contributed by atoms with Crippen LogP contribution >= 0.6 is 0 Å². The maximum absolute atomic E-state index is 3.53. The van der Waals surface area contributed by atoms with Gasteiger partial charge in [0.15, 0.2) is 0 Å². The first kappa shape index (κ1) is 10.2. The molecule has 0 unspecified atom stereocenters. The third-order valence-corrected chi connectivity index (χ3v) is 3.52. The molecule has 2 bridgehead atoms. The van der Waals surface area contributed by atoms with Crippen LogP contribution in [0, 0.1) is 0 Å². The van der Waals surface area contributed by atoms with E-state index in [1.807, 2.05) is 0 Å². The summed E-state index contributed by atoms with van der Waals surface area (Å²) in [6.45, 7) is 7.97. The van der Waals surface area contributed by atoms with Crippen molar-refractivity contribution in [1.29, 1.82) is 0 Å². The number of fused-ring (bicyclic) bond motifs is 2. The number of hydrogen-bond acceptors (Lipinski definition) is 2.